The number of amides is 2. The fourth-order valence-corrected chi connectivity index (χ4v) is 4.75. The highest BCUT2D eigenvalue weighted by atomic mass is 35.5. The summed E-state index contributed by atoms with van der Waals surface area (Å²) < 4.78 is 0. The summed E-state index contributed by atoms with van der Waals surface area (Å²) in [6, 6.07) is 11.2. The van der Waals surface area contributed by atoms with Crippen molar-refractivity contribution in [2.45, 2.75) is 51.0 Å². The molecule has 2 aromatic rings. The van der Waals surface area contributed by atoms with E-state index in [-0.39, 0.29) is 18.2 Å². The number of fused-ring (bicyclic) bond motifs is 1. The van der Waals surface area contributed by atoms with E-state index >= 15 is 0 Å². The first-order valence-electron chi connectivity index (χ1n) is 10.0. The highest BCUT2D eigenvalue weighted by molar-refractivity contribution is 6.35. The van der Waals surface area contributed by atoms with Gasteiger partial charge < -0.3 is 10.2 Å². The second-order valence-electron chi connectivity index (χ2n) is 8.09. The number of benzene rings is 2. The van der Waals surface area contributed by atoms with E-state index in [2.05, 4.69) is 11.4 Å². The Bertz CT molecular complexity index is 975. The van der Waals surface area contributed by atoms with Crippen molar-refractivity contribution in [1.82, 2.24) is 4.90 Å². The molecule has 29 heavy (non-hydrogen) atoms. The fourth-order valence-electron chi connectivity index (χ4n) is 4.27. The molecule has 1 heterocycles. The summed E-state index contributed by atoms with van der Waals surface area (Å²) in [5.41, 5.74) is 3.31. The van der Waals surface area contributed by atoms with Crippen molar-refractivity contribution in [3.8, 4) is 0 Å². The summed E-state index contributed by atoms with van der Waals surface area (Å²) in [5, 5.41) is 4.10. The highest BCUT2D eigenvalue weighted by Crippen LogP contribution is 2.35. The SMILES string of the molecule is CC1(C(=O)Nc2cccc3c2CCCC3)CCN1C(=O)Cc1ccc(Cl)cc1Cl. The zero-order valence-corrected chi connectivity index (χ0v) is 17.9. The Morgan fingerprint density at radius 3 is 2.66 bits per heavy atom. The lowest BCUT2D eigenvalue weighted by molar-refractivity contribution is -0.154. The Hall–Kier alpha value is -2.04. The molecule has 2 aromatic carbocycles. The Morgan fingerprint density at radius 1 is 1.14 bits per heavy atom. The predicted molar refractivity (Wildman–Crippen MR) is 117 cm³/mol. The summed E-state index contributed by atoms with van der Waals surface area (Å²) in [6.45, 7) is 2.41. The normalized spacial score (nSPS) is 20.6. The third-order valence-electron chi connectivity index (χ3n) is 6.21. The number of nitrogens with one attached hydrogen (secondary N) is 1. The zero-order chi connectivity index (χ0) is 20.6. The lowest BCUT2D eigenvalue weighted by atomic mass is 9.84. The Morgan fingerprint density at radius 2 is 1.93 bits per heavy atom. The molecule has 1 aliphatic carbocycles. The fraction of sp³-hybridized carbons (Fsp3) is 0.391. The number of aryl methyl sites for hydroxylation is 1. The van der Waals surface area contributed by atoms with E-state index in [1.165, 1.54) is 17.5 Å². The van der Waals surface area contributed by atoms with E-state index in [0.29, 0.717) is 28.6 Å². The third kappa shape index (κ3) is 3.88. The van der Waals surface area contributed by atoms with E-state index in [1.807, 2.05) is 19.1 Å². The summed E-state index contributed by atoms with van der Waals surface area (Å²) in [6.07, 6.45) is 5.18. The van der Waals surface area contributed by atoms with E-state index in [1.54, 1.807) is 23.1 Å². The van der Waals surface area contributed by atoms with Crippen LogP contribution in [0.15, 0.2) is 36.4 Å². The van der Waals surface area contributed by atoms with Crippen LogP contribution in [0.1, 0.15) is 42.9 Å². The van der Waals surface area contributed by atoms with Gasteiger partial charge in [0, 0.05) is 22.3 Å². The first-order chi connectivity index (χ1) is 13.9. The lowest BCUT2D eigenvalue weighted by Gasteiger charge is -2.49. The van der Waals surface area contributed by atoms with Gasteiger partial charge in [-0.3, -0.25) is 9.59 Å². The van der Waals surface area contributed by atoms with Crippen molar-refractivity contribution in [2.75, 3.05) is 11.9 Å². The van der Waals surface area contributed by atoms with Crippen LogP contribution in [0, 0.1) is 0 Å². The van der Waals surface area contributed by atoms with Crippen molar-refractivity contribution >= 4 is 40.7 Å². The maximum Gasteiger partial charge on any atom is 0.250 e. The van der Waals surface area contributed by atoms with Crippen LogP contribution in [0.25, 0.3) is 0 Å². The molecule has 0 radical (unpaired) electrons. The maximum absolute atomic E-state index is 13.1. The number of nitrogens with zero attached hydrogens (tertiary/aromatic N) is 1. The number of halogens is 2. The maximum atomic E-state index is 13.1. The van der Waals surface area contributed by atoms with Gasteiger partial charge in [-0.25, -0.2) is 0 Å². The van der Waals surface area contributed by atoms with E-state index in [4.69, 9.17) is 23.2 Å². The van der Waals surface area contributed by atoms with Crippen LogP contribution in [0.5, 0.6) is 0 Å². The average molecular weight is 431 g/mol. The molecule has 0 bridgehead atoms. The molecule has 0 spiro atoms. The quantitative estimate of drug-likeness (QED) is 0.737. The number of carbonyl (C=O) groups is 2. The highest BCUT2D eigenvalue weighted by Gasteiger charge is 2.49. The molecule has 152 valence electrons. The van der Waals surface area contributed by atoms with Crippen LogP contribution in [-0.4, -0.2) is 28.8 Å². The molecule has 0 aromatic heterocycles. The van der Waals surface area contributed by atoms with Crippen LogP contribution in [0.4, 0.5) is 5.69 Å². The van der Waals surface area contributed by atoms with Gasteiger partial charge in [-0.2, -0.15) is 0 Å². The van der Waals surface area contributed by atoms with Gasteiger partial charge in [0.15, 0.2) is 0 Å². The van der Waals surface area contributed by atoms with Crippen molar-refractivity contribution in [2.24, 2.45) is 0 Å². The first-order valence-corrected chi connectivity index (χ1v) is 10.8. The molecule has 4 nitrogen and oxygen atoms in total. The molecular weight excluding hydrogens is 407 g/mol. The molecule has 0 saturated carbocycles. The van der Waals surface area contributed by atoms with Gasteiger partial charge in [0.2, 0.25) is 11.8 Å². The molecule has 1 atom stereocenters. The van der Waals surface area contributed by atoms with Crippen LogP contribution in [0.3, 0.4) is 0 Å². The zero-order valence-electron chi connectivity index (χ0n) is 16.4. The lowest BCUT2D eigenvalue weighted by Crippen LogP contribution is -2.66. The Balaban J connectivity index is 1.48. The van der Waals surface area contributed by atoms with Gasteiger partial charge in [-0.15, -0.1) is 0 Å². The van der Waals surface area contributed by atoms with Crippen LogP contribution < -0.4 is 5.32 Å². The standard InChI is InChI=1S/C23H24Cl2N2O2/c1-23(22(29)26-20-8-4-6-15-5-2-3-7-18(15)20)11-12-27(23)21(28)13-16-9-10-17(24)14-19(16)25/h4,6,8-10,14H,2-3,5,7,11-13H2,1H3,(H,26,29). The number of hydrogen-bond acceptors (Lipinski definition) is 2. The molecule has 2 aliphatic rings. The second-order valence-corrected chi connectivity index (χ2v) is 8.93. The first kappa shape index (κ1) is 20.2. The van der Waals surface area contributed by atoms with Crippen LogP contribution in [-0.2, 0) is 28.9 Å². The summed E-state index contributed by atoms with van der Waals surface area (Å²) in [5.74, 6) is -0.230. The minimum Gasteiger partial charge on any atom is -0.328 e. The van der Waals surface area contributed by atoms with Gasteiger partial charge in [0.25, 0.3) is 0 Å². The van der Waals surface area contributed by atoms with Crippen LogP contribution in [0.2, 0.25) is 10.0 Å². The molecule has 1 fully saturated rings. The molecular formula is C23H24Cl2N2O2. The minimum absolute atomic E-state index is 0.104. The molecule has 2 amide bonds. The Labute approximate surface area is 181 Å². The van der Waals surface area contributed by atoms with Gasteiger partial charge >= 0.3 is 0 Å². The molecule has 1 N–H and O–H groups in total. The van der Waals surface area contributed by atoms with Crippen molar-refractivity contribution < 1.29 is 9.59 Å². The van der Waals surface area contributed by atoms with Gasteiger partial charge in [-0.1, -0.05) is 41.4 Å². The topological polar surface area (TPSA) is 49.4 Å². The molecule has 6 heteroatoms. The number of rotatable bonds is 4. The molecule has 4 rings (SSSR count). The number of carbonyl (C=O) groups excluding carboxylic acids is 2. The Kier molecular flexibility index (Phi) is 5.58. The van der Waals surface area contributed by atoms with Gasteiger partial charge in [0.05, 0.1) is 6.42 Å². The van der Waals surface area contributed by atoms with E-state index in [9.17, 15) is 9.59 Å². The number of hydrogen-bond donors (Lipinski definition) is 1. The molecule has 1 saturated heterocycles. The molecule has 1 unspecified atom stereocenters. The molecule has 1 aliphatic heterocycles. The number of anilines is 1. The minimum atomic E-state index is -0.840. The third-order valence-corrected chi connectivity index (χ3v) is 6.80. The van der Waals surface area contributed by atoms with Crippen molar-refractivity contribution in [3.05, 3.63) is 63.1 Å². The predicted octanol–water partition coefficient (Wildman–Crippen LogP) is 5.04. The number of likely N-dealkylation sites (tertiary alicyclic amines) is 1. The smallest absolute Gasteiger partial charge is 0.250 e. The second kappa shape index (κ2) is 8.00. The van der Waals surface area contributed by atoms with Crippen molar-refractivity contribution in [3.63, 3.8) is 0 Å². The van der Waals surface area contributed by atoms with Gasteiger partial charge in [0.1, 0.15) is 5.54 Å². The monoisotopic (exact) mass is 430 g/mol. The van der Waals surface area contributed by atoms with E-state index in [0.717, 1.165) is 24.9 Å². The average Bonchev–Trinajstić information content (AvgIpc) is 2.69. The van der Waals surface area contributed by atoms with Crippen LogP contribution >= 0.6 is 23.2 Å². The summed E-state index contributed by atoms with van der Waals surface area (Å²) >= 11 is 12.1. The summed E-state index contributed by atoms with van der Waals surface area (Å²) in [4.78, 5) is 27.7. The summed E-state index contributed by atoms with van der Waals surface area (Å²) in [7, 11) is 0. The largest absolute Gasteiger partial charge is 0.328 e. The van der Waals surface area contributed by atoms with E-state index < -0.39 is 5.54 Å². The van der Waals surface area contributed by atoms with Gasteiger partial charge in [-0.05, 0) is 73.9 Å². The van der Waals surface area contributed by atoms with Crippen molar-refractivity contribution in [1.29, 1.82) is 0 Å².